The Morgan fingerprint density at radius 2 is 1.55 bits per heavy atom. The van der Waals surface area contributed by atoms with Gasteiger partial charge in [0.1, 0.15) is 0 Å². The summed E-state index contributed by atoms with van der Waals surface area (Å²) in [5.41, 5.74) is 3.88. The van der Waals surface area contributed by atoms with Gasteiger partial charge in [-0.25, -0.2) is 9.98 Å². The number of anilines is 1. The SMILES string of the molecule is Cc1ccc(C2=NC(=O)C3=NC(Br)(c4ccc(Br)cc4)N(c4ccccc4)C3=N2)cc1. The molecule has 2 aliphatic rings. The van der Waals surface area contributed by atoms with Crippen LogP contribution in [0.4, 0.5) is 5.69 Å². The maximum atomic E-state index is 13.0. The van der Waals surface area contributed by atoms with Gasteiger partial charge in [0.15, 0.2) is 17.4 Å². The molecule has 0 spiro atoms. The summed E-state index contributed by atoms with van der Waals surface area (Å²) in [4.78, 5) is 28.8. The highest BCUT2D eigenvalue weighted by molar-refractivity contribution is 9.10. The third-order valence-corrected chi connectivity index (χ3v) is 6.66. The van der Waals surface area contributed by atoms with Crippen molar-refractivity contribution >= 4 is 60.8 Å². The van der Waals surface area contributed by atoms with Crippen LogP contribution in [-0.4, -0.2) is 23.3 Å². The van der Waals surface area contributed by atoms with Crippen LogP contribution in [0.2, 0.25) is 0 Å². The molecule has 7 heteroatoms. The highest BCUT2D eigenvalue weighted by Crippen LogP contribution is 2.45. The van der Waals surface area contributed by atoms with Crippen LogP contribution in [0.3, 0.4) is 0 Å². The minimum absolute atomic E-state index is 0.236. The Morgan fingerprint density at radius 3 is 2.23 bits per heavy atom. The summed E-state index contributed by atoms with van der Waals surface area (Å²) in [5, 5.41) is 0. The minimum Gasteiger partial charge on any atom is -0.286 e. The first-order valence-electron chi connectivity index (χ1n) is 9.65. The number of amidine groups is 2. The molecule has 1 unspecified atom stereocenters. The lowest BCUT2D eigenvalue weighted by molar-refractivity contribution is -0.111. The van der Waals surface area contributed by atoms with E-state index in [4.69, 9.17) is 9.98 Å². The zero-order chi connectivity index (χ0) is 21.6. The average Bonchev–Trinajstić information content (AvgIpc) is 3.09. The summed E-state index contributed by atoms with van der Waals surface area (Å²) in [6, 6.07) is 25.4. The van der Waals surface area contributed by atoms with Crippen molar-refractivity contribution in [1.29, 1.82) is 0 Å². The molecular formula is C24H16Br2N4O. The molecule has 0 aromatic heterocycles. The van der Waals surface area contributed by atoms with Crippen molar-refractivity contribution in [2.75, 3.05) is 4.90 Å². The quantitative estimate of drug-likeness (QED) is 0.323. The van der Waals surface area contributed by atoms with E-state index in [0.29, 0.717) is 11.7 Å². The molecule has 0 N–H and O–H groups in total. The zero-order valence-corrected chi connectivity index (χ0v) is 19.6. The largest absolute Gasteiger partial charge is 0.301 e. The first-order chi connectivity index (χ1) is 15.0. The summed E-state index contributed by atoms with van der Waals surface area (Å²) >= 11 is 7.30. The molecule has 0 aliphatic carbocycles. The number of aliphatic imine (C=N–C) groups is 3. The Balaban J connectivity index is 1.69. The van der Waals surface area contributed by atoms with Crippen molar-refractivity contribution in [3.63, 3.8) is 0 Å². The van der Waals surface area contributed by atoms with Crippen LogP contribution in [0.1, 0.15) is 16.7 Å². The topological polar surface area (TPSA) is 57.4 Å². The minimum atomic E-state index is -1.02. The predicted octanol–water partition coefficient (Wildman–Crippen LogP) is 5.61. The number of carbonyl (C=O) groups excluding carboxylic acids is 1. The summed E-state index contributed by atoms with van der Waals surface area (Å²) < 4.78 is -0.0583. The second kappa shape index (κ2) is 7.66. The number of hydrogen-bond donors (Lipinski definition) is 0. The van der Waals surface area contributed by atoms with Gasteiger partial charge in [0.05, 0.1) is 0 Å². The third-order valence-electron chi connectivity index (χ3n) is 5.14. The van der Waals surface area contributed by atoms with Gasteiger partial charge in [-0.15, -0.1) is 0 Å². The average molecular weight is 536 g/mol. The van der Waals surface area contributed by atoms with Gasteiger partial charge in [-0.05, 0) is 47.1 Å². The maximum absolute atomic E-state index is 13.0. The molecular weight excluding hydrogens is 520 g/mol. The standard InChI is InChI=1S/C24H16Br2N4O/c1-15-7-9-16(10-8-15)21-27-22-20(23(31)28-21)29-24(26,17-11-13-18(25)14-12-17)30(22)19-5-3-2-4-6-19/h2-14H,1H3. The Labute approximate surface area is 196 Å². The summed E-state index contributed by atoms with van der Waals surface area (Å²) in [5.74, 6) is 0.453. The van der Waals surface area contributed by atoms with E-state index in [0.717, 1.165) is 26.9 Å². The number of benzene rings is 3. The van der Waals surface area contributed by atoms with Crippen LogP contribution < -0.4 is 4.90 Å². The van der Waals surface area contributed by atoms with Crippen molar-refractivity contribution in [3.05, 3.63) is 100 Å². The van der Waals surface area contributed by atoms with Crippen LogP contribution in [0, 0.1) is 6.92 Å². The number of rotatable bonds is 3. The highest BCUT2D eigenvalue weighted by Gasteiger charge is 2.49. The Bertz CT molecular complexity index is 1270. The van der Waals surface area contributed by atoms with E-state index < -0.39 is 10.5 Å². The number of fused-ring (bicyclic) bond motifs is 1. The van der Waals surface area contributed by atoms with Gasteiger partial charge in [-0.2, -0.15) is 4.99 Å². The van der Waals surface area contributed by atoms with Gasteiger partial charge in [-0.3, -0.25) is 9.69 Å². The molecule has 1 amide bonds. The number of alkyl halides is 1. The molecule has 152 valence electrons. The Hall–Kier alpha value is -2.90. The van der Waals surface area contributed by atoms with E-state index in [1.54, 1.807) is 0 Å². The van der Waals surface area contributed by atoms with Crippen LogP contribution in [0.5, 0.6) is 0 Å². The first kappa shape index (κ1) is 20.0. The number of halogens is 2. The molecule has 31 heavy (non-hydrogen) atoms. The molecule has 3 aromatic carbocycles. The number of para-hydroxylation sites is 1. The molecule has 5 nitrogen and oxygen atoms in total. The lowest BCUT2D eigenvalue weighted by Crippen LogP contribution is -2.43. The van der Waals surface area contributed by atoms with E-state index in [9.17, 15) is 4.79 Å². The molecule has 1 atom stereocenters. The zero-order valence-electron chi connectivity index (χ0n) is 16.5. The molecule has 2 aliphatic heterocycles. The van der Waals surface area contributed by atoms with Gasteiger partial charge in [-0.1, -0.05) is 76.1 Å². The number of hydrogen-bond acceptors (Lipinski definition) is 4. The van der Waals surface area contributed by atoms with E-state index in [1.165, 1.54) is 0 Å². The molecule has 0 saturated heterocycles. The van der Waals surface area contributed by atoms with Gasteiger partial charge >= 0.3 is 5.91 Å². The molecule has 3 aromatic rings. The van der Waals surface area contributed by atoms with Crippen LogP contribution in [0.25, 0.3) is 0 Å². The fraction of sp³-hybridized carbons (Fsp3) is 0.0833. The normalized spacial score (nSPS) is 20.2. The lowest BCUT2D eigenvalue weighted by atomic mass is 10.1. The van der Waals surface area contributed by atoms with Crippen molar-refractivity contribution in [2.24, 2.45) is 15.0 Å². The van der Waals surface area contributed by atoms with Crippen LogP contribution in [-0.2, 0) is 9.37 Å². The second-order valence-electron chi connectivity index (χ2n) is 7.27. The number of amides is 1. The third kappa shape index (κ3) is 3.47. The van der Waals surface area contributed by atoms with Crippen molar-refractivity contribution in [1.82, 2.24) is 0 Å². The Morgan fingerprint density at radius 1 is 0.871 bits per heavy atom. The fourth-order valence-corrected chi connectivity index (χ4v) is 4.65. The molecule has 0 saturated carbocycles. The van der Waals surface area contributed by atoms with Crippen molar-refractivity contribution in [2.45, 2.75) is 11.5 Å². The van der Waals surface area contributed by atoms with Crippen LogP contribution in [0.15, 0.2) is 98.3 Å². The summed E-state index contributed by atoms with van der Waals surface area (Å²) in [7, 11) is 0. The fourth-order valence-electron chi connectivity index (χ4n) is 3.57. The van der Waals surface area contributed by atoms with Gasteiger partial charge in [0.2, 0.25) is 4.57 Å². The summed E-state index contributed by atoms with van der Waals surface area (Å²) in [6.45, 7) is 2.01. The van der Waals surface area contributed by atoms with Crippen molar-refractivity contribution < 1.29 is 4.79 Å². The van der Waals surface area contributed by atoms with E-state index >= 15 is 0 Å². The molecule has 5 rings (SSSR count). The number of aryl methyl sites for hydroxylation is 1. The molecule has 0 radical (unpaired) electrons. The monoisotopic (exact) mass is 534 g/mol. The molecule has 0 bridgehead atoms. The predicted molar refractivity (Wildman–Crippen MR) is 131 cm³/mol. The van der Waals surface area contributed by atoms with Crippen molar-refractivity contribution in [3.8, 4) is 0 Å². The van der Waals surface area contributed by atoms with Gasteiger partial charge in [0, 0.05) is 21.3 Å². The number of carbonyl (C=O) groups is 1. The van der Waals surface area contributed by atoms with E-state index in [2.05, 4.69) is 36.9 Å². The van der Waals surface area contributed by atoms with E-state index in [-0.39, 0.29) is 5.71 Å². The smallest absolute Gasteiger partial charge is 0.286 e. The molecule has 0 fully saturated rings. The number of nitrogens with zero attached hydrogens (tertiary/aromatic N) is 4. The second-order valence-corrected chi connectivity index (χ2v) is 9.29. The molecule has 2 heterocycles. The summed E-state index contributed by atoms with van der Waals surface area (Å²) in [6.07, 6.45) is 0. The van der Waals surface area contributed by atoms with E-state index in [1.807, 2.05) is 90.7 Å². The maximum Gasteiger partial charge on any atom is 0.301 e. The Kier molecular flexibility index (Phi) is 4.95. The lowest BCUT2D eigenvalue weighted by Gasteiger charge is -2.33. The first-order valence-corrected chi connectivity index (χ1v) is 11.2. The highest BCUT2D eigenvalue weighted by atomic mass is 79.9. The van der Waals surface area contributed by atoms with Gasteiger partial charge < -0.3 is 0 Å². The van der Waals surface area contributed by atoms with Crippen LogP contribution >= 0.6 is 31.9 Å². The van der Waals surface area contributed by atoms with Gasteiger partial charge in [0.25, 0.3) is 0 Å².